The summed E-state index contributed by atoms with van der Waals surface area (Å²) in [6, 6.07) is 1.07. The highest BCUT2D eigenvalue weighted by Crippen LogP contribution is 2.20. The Labute approximate surface area is 108 Å². The van der Waals surface area contributed by atoms with Crippen LogP contribution in [0.2, 0.25) is 6.04 Å². The van der Waals surface area contributed by atoms with Crippen LogP contribution in [-0.2, 0) is 4.43 Å². The monoisotopic (exact) mass is 260 g/mol. The van der Waals surface area contributed by atoms with Crippen LogP contribution in [0, 0.1) is 0 Å². The fourth-order valence-electron chi connectivity index (χ4n) is 2.53. The second-order valence-corrected chi connectivity index (χ2v) is 8.04. The lowest BCUT2D eigenvalue weighted by Gasteiger charge is -2.24. The van der Waals surface area contributed by atoms with Crippen LogP contribution in [-0.4, -0.2) is 21.4 Å². The highest BCUT2D eigenvalue weighted by atomic mass is 28.3. The minimum Gasteiger partial charge on any atom is -0.417 e. The second kappa shape index (κ2) is 10.1. The van der Waals surface area contributed by atoms with Crippen molar-refractivity contribution in [1.82, 2.24) is 0 Å². The van der Waals surface area contributed by atoms with Gasteiger partial charge in [-0.05, 0) is 18.9 Å². The molecule has 1 saturated heterocycles. The van der Waals surface area contributed by atoms with Crippen molar-refractivity contribution < 1.29 is 8.82 Å². The van der Waals surface area contributed by atoms with Gasteiger partial charge in [0.25, 0.3) is 0 Å². The lowest BCUT2D eigenvalue weighted by atomic mass is 10.1. The second-order valence-electron chi connectivity index (χ2n) is 5.33. The minimum atomic E-state index is -1.46. The Morgan fingerprint density at radius 2 is 1.76 bits per heavy atom. The van der Waals surface area contributed by atoms with E-state index in [4.69, 9.17) is 4.43 Å². The molecule has 0 aromatic rings. The molecule has 1 aliphatic heterocycles. The molecule has 1 rings (SSSR count). The van der Waals surface area contributed by atoms with Gasteiger partial charge in [-0.15, -0.1) is 0 Å². The van der Waals surface area contributed by atoms with Crippen LogP contribution in [0.25, 0.3) is 0 Å². The van der Waals surface area contributed by atoms with Crippen LogP contribution in [0.5, 0.6) is 0 Å². The van der Waals surface area contributed by atoms with Crippen molar-refractivity contribution in [3.63, 3.8) is 0 Å². The predicted octanol–water partition coefficient (Wildman–Crippen LogP) is 4.54. The van der Waals surface area contributed by atoms with E-state index in [9.17, 15) is 4.39 Å². The summed E-state index contributed by atoms with van der Waals surface area (Å²) in [5.74, 6) is -0.578. The van der Waals surface area contributed by atoms with Gasteiger partial charge in [-0.1, -0.05) is 58.3 Å². The van der Waals surface area contributed by atoms with Crippen molar-refractivity contribution in [2.45, 2.75) is 83.0 Å². The Kier molecular flexibility index (Phi) is 8.98. The first-order chi connectivity index (χ1) is 8.34. The van der Waals surface area contributed by atoms with Crippen LogP contribution in [0.15, 0.2) is 0 Å². The Morgan fingerprint density at radius 3 is 2.41 bits per heavy atom. The Hall–Kier alpha value is 0.107. The molecule has 0 aromatic carbocycles. The predicted molar refractivity (Wildman–Crippen MR) is 74.6 cm³/mol. The largest absolute Gasteiger partial charge is 0.417 e. The molecule has 1 fully saturated rings. The van der Waals surface area contributed by atoms with Crippen molar-refractivity contribution in [3.8, 4) is 0 Å². The van der Waals surface area contributed by atoms with Gasteiger partial charge in [0.1, 0.15) is 5.79 Å². The molecule has 17 heavy (non-hydrogen) atoms. The number of unbranched alkanes of at least 4 members (excludes halogenated alkanes) is 6. The van der Waals surface area contributed by atoms with Crippen molar-refractivity contribution in [1.29, 1.82) is 0 Å². The number of hydrogen-bond acceptors (Lipinski definition) is 1. The third-order valence-electron chi connectivity index (χ3n) is 3.70. The Morgan fingerprint density at radius 1 is 1.06 bits per heavy atom. The summed E-state index contributed by atoms with van der Waals surface area (Å²) in [5.41, 5.74) is 0. The molecule has 0 N–H and O–H groups in total. The standard InChI is InChI=1S/C14H29FOSi/c1-2-3-4-5-6-7-8-11-14(15)17-13-10-9-12-16-17/h14,17H,2-13H2,1H3. The van der Waals surface area contributed by atoms with Crippen LogP contribution < -0.4 is 0 Å². The Bertz CT molecular complexity index is 172. The molecule has 102 valence electrons. The third kappa shape index (κ3) is 7.19. The molecule has 1 heterocycles. The molecule has 1 nitrogen and oxygen atoms in total. The quantitative estimate of drug-likeness (QED) is 0.437. The minimum absolute atomic E-state index is 0.578. The first-order valence-corrected chi connectivity index (χ1v) is 9.55. The van der Waals surface area contributed by atoms with Crippen molar-refractivity contribution in [2.75, 3.05) is 6.61 Å². The maximum atomic E-state index is 13.9. The molecule has 0 radical (unpaired) electrons. The molecule has 0 amide bonds. The third-order valence-corrected chi connectivity index (χ3v) is 6.48. The summed E-state index contributed by atoms with van der Waals surface area (Å²) in [7, 11) is -1.46. The maximum Gasteiger partial charge on any atom is 0.211 e. The topological polar surface area (TPSA) is 9.23 Å². The van der Waals surface area contributed by atoms with Gasteiger partial charge in [0.2, 0.25) is 9.04 Å². The van der Waals surface area contributed by atoms with Crippen LogP contribution in [0.1, 0.15) is 71.1 Å². The zero-order valence-corrected chi connectivity index (χ0v) is 12.6. The van der Waals surface area contributed by atoms with Gasteiger partial charge in [-0.2, -0.15) is 0 Å². The van der Waals surface area contributed by atoms with Gasteiger partial charge >= 0.3 is 0 Å². The molecule has 0 bridgehead atoms. The summed E-state index contributed by atoms with van der Waals surface area (Å²) >= 11 is 0. The molecule has 0 saturated carbocycles. The van der Waals surface area contributed by atoms with E-state index in [-0.39, 0.29) is 0 Å². The molecule has 3 heteroatoms. The summed E-state index contributed by atoms with van der Waals surface area (Å²) < 4.78 is 19.5. The molecule has 0 aromatic heterocycles. The smallest absolute Gasteiger partial charge is 0.211 e. The van der Waals surface area contributed by atoms with Crippen LogP contribution in [0.3, 0.4) is 0 Å². The van der Waals surface area contributed by atoms with Gasteiger partial charge in [-0.3, -0.25) is 0 Å². The van der Waals surface area contributed by atoms with Crippen molar-refractivity contribution >= 4 is 9.04 Å². The normalized spacial score (nSPS) is 22.6. The zero-order chi connectivity index (χ0) is 12.3. The number of alkyl halides is 1. The van der Waals surface area contributed by atoms with E-state index in [2.05, 4.69) is 6.92 Å². The summed E-state index contributed by atoms with van der Waals surface area (Å²) in [4.78, 5) is 0. The van der Waals surface area contributed by atoms with E-state index < -0.39 is 14.8 Å². The molecular weight excluding hydrogens is 231 g/mol. The highest BCUT2D eigenvalue weighted by molar-refractivity contribution is 6.53. The van der Waals surface area contributed by atoms with Gasteiger partial charge in [0.05, 0.1) is 0 Å². The van der Waals surface area contributed by atoms with Crippen molar-refractivity contribution in [2.24, 2.45) is 0 Å². The fraction of sp³-hybridized carbons (Fsp3) is 1.00. The van der Waals surface area contributed by atoms with E-state index in [1.807, 2.05) is 0 Å². The summed E-state index contributed by atoms with van der Waals surface area (Å²) in [5, 5.41) is 0. The van der Waals surface area contributed by atoms with Crippen LogP contribution >= 0.6 is 0 Å². The molecule has 1 aliphatic rings. The van der Waals surface area contributed by atoms with E-state index >= 15 is 0 Å². The summed E-state index contributed by atoms with van der Waals surface area (Å²) in [6.45, 7) is 3.07. The average molecular weight is 260 g/mol. The first-order valence-electron chi connectivity index (χ1n) is 7.60. The first kappa shape index (κ1) is 15.2. The van der Waals surface area contributed by atoms with E-state index in [0.717, 1.165) is 31.9 Å². The van der Waals surface area contributed by atoms with Gasteiger partial charge in [-0.25, -0.2) is 4.39 Å². The van der Waals surface area contributed by atoms with E-state index in [1.165, 1.54) is 44.9 Å². The average Bonchev–Trinajstić information content (AvgIpc) is 2.38. The zero-order valence-electron chi connectivity index (χ0n) is 11.4. The molecular formula is C14H29FOSi. The van der Waals surface area contributed by atoms with E-state index in [1.54, 1.807) is 0 Å². The number of hydrogen-bond donors (Lipinski definition) is 0. The van der Waals surface area contributed by atoms with Gasteiger partial charge < -0.3 is 4.43 Å². The lowest BCUT2D eigenvalue weighted by Crippen LogP contribution is -2.34. The maximum absolute atomic E-state index is 13.9. The number of halogens is 1. The Balaban J connectivity index is 1.90. The SMILES string of the molecule is CCCCCCCCCC(F)[SiH]1CCCCO1. The van der Waals surface area contributed by atoms with Crippen molar-refractivity contribution in [3.05, 3.63) is 0 Å². The number of rotatable bonds is 9. The van der Waals surface area contributed by atoms with Gasteiger partial charge in [0, 0.05) is 6.61 Å². The van der Waals surface area contributed by atoms with E-state index in [0.29, 0.717) is 0 Å². The summed E-state index contributed by atoms with van der Waals surface area (Å²) in [6.07, 6.45) is 12.0. The lowest BCUT2D eigenvalue weighted by molar-refractivity contribution is 0.247. The highest BCUT2D eigenvalue weighted by Gasteiger charge is 2.25. The molecule has 2 unspecified atom stereocenters. The van der Waals surface area contributed by atoms with Crippen LogP contribution in [0.4, 0.5) is 4.39 Å². The molecule has 0 aliphatic carbocycles. The molecule has 2 atom stereocenters. The van der Waals surface area contributed by atoms with Gasteiger partial charge in [0.15, 0.2) is 0 Å². The fourth-order valence-corrected chi connectivity index (χ4v) is 5.04. The molecule has 0 spiro atoms.